The average molecular weight is 252 g/mol. The van der Waals surface area contributed by atoms with Crippen molar-refractivity contribution in [1.29, 1.82) is 0 Å². The molecule has 0 aromatic heterocycles. The highest BCUT2D eigenvalue weighted by Gasteiger charge is 2.41. The highest BCUT2D eigenvalue weighted by Crippen LogP contribution is 2.40. The summed E-state index contributed by atoms with van der Waals surface area (Å²) in [6.07, 6.45) is 2.53. The molecule has 1 heterocycles. The van der Waals surface area contributed by atoms with E-state index in [-0.39, 0.29) is 6.10 Å². The predicted molar refractivity (Wildman–Crippen MR) is 77.8 cm³/mol. The van der Waals surface area contributed by atoms with Gasteiger partial charge in [0.2, 0.25) is 0 Å². The lowest BCUT2D eigenvalue weighted by Gasteiger charge is -2.38. The van der Waals surface area contributed by atoms with Crippen LogP contribution in [-0.2, 0) is 4.74 Å². The Kier molecular flexibility index (Phi) is 5.28. The summed E-state index contributed by atoms with van der Waals surface area (Å²) < 4.78 is 5.64. The highest BCUT2D eigenvalue weighted by atomic mass is 28.3. The van der Waals surface area contributed by atoms with Crippen molar-refractivity contribution < 1.29 is 4.74 Å². The standard InChI is InChI=1S/C15H28OSi/c1-12(2)17(13(3)4,14(5)6)11-9-15-8-7-10-16-15/h12-15H,7-8,10H2,1-6H3. The van der Waals surface area contributed by atoms with Gasteiger partial charge in [-0.15, -0.1) is 5.54 Å². The Hall–Kier alpha value is -0.263. The van der Waals surface area contributed by atoms with Crippen LogP contribution in [0.15, 0.2) is 0 Å². The minimum Gasteiger partial charge on any atom is -0.366 e. The summed E-state index contributed by atoms with van der Waals surface area (Å²) in [6.45, 7) is 15.0. The molecule has 98 valence electrons. The van der Waals surface area contributed by atoms with E-state index in [2.05, 4.69) is 53.0 Å². The fourth-order valence-electron chi connectivity index (χ4n) is 3.33. The minimum absolute atomic E-state index is 0.220. The Morgan fingerprint density at radius 3 is 1.88 bits per heavy atom. The van der Waals surface area contributed by atoms with Crippen molar-refractivity contribution >= 4 is 8.07 Å². The Balaban J connectivity index is 2.96. The molecule has 17 heavy (non-hydrogen) atoms. The molecule has 0 N–H and O–H groups in total. The van der Waals surface area contributed by atoms with E-state index >= 15 is 0 Å². The highest BCUT2D eigenvalue weighted by molar-refractivity contribution is 6.90. The normalized spacial score (nSPS) is 21.1. The quantitative estimate of drug-likeness (QED) is 0.535. The van der Waals surface area contributed by atoms with E-state index in [4.69, 9.17) is 4.74 Å². The fraction of sp³-hybridized carbons (Fsp3) is 0.867. The van der Waals surface area contributed by atoms with Crippen LogP contribution in [0.3, 0.4) is 0 Å². The molecule has 0 saturated carbocycles. The van der Waals surface area contributed by atoms with E-state index in [0.717, 1.165) is 29.7 Å². The lowest BCUT2D eigenvalue weighted by atomic mass is 10.2. The molecule has 1 nitrogen and oxygen atoms in total. The molecule has 0 aromatic carbocycles. The minimum atomic E-state index is -1.54. The lowest BCUT2D eigenvalue weighted by Crippen LogP contribution is -2.43. The molecule has 1 unspecified atom stereocenters. The van der Waals surface area contributed by atoms with Crippen molar-refractivity contribution in [3.8, 4) is 11.5 Å². The maximum Gasteiger partial charge on any atom is 0.146 e. The zero-order chi connectivity index (χ0) is 13.1. The fourth-order valence-corrected chi connectivity index (χ4v) is 8.61. The van der Waals surface area contributed by atoms with Gasteiger partial charge in [-0.05, 0) is 29.5 Å². The van der Waals surface area contributed by atoms with Gasteiger partial charge < -0.3 is 4.74 Å². The number of hydrogen-bond donors (Lipinski definition) is 0. The van der Waals surface area contributed by atoms with Gasteiger partial charge in [0.1, 0.15) is 14.2 Å². The van der Waals surface area contributed by atoms with Crippen molar-refractivity contribution in [2.45, 2.75) is 77.1 Å². The van der Waals surface area contributed by atoms with Gasteiger partial charge in [-0.25, -0.2) is 0 Å². The third-order valence-corrected chi connectivity index (χ3v) is 10.6. The van der Waals surface area contributed by atoms with Crippen LogP contribution in [-0.4, -0.2) is 20.8 Å². The van der Waals surface area contributed by atoms with E-state index in [0.29, 0.717) is 0 Å². The smallest absolute Gasteiger partial charge is 0.146 e. The van der Waals surface area contributed by atoms with Crippen LogP contribution in [0.25, 0.3) is 0 Å². The molecule has 2 heteroatoms. The molecule has 0 spiro atoms. The second kappa shape index (κ2) is 6.07. The van der Waals surface area contributed by atoms with E-state index < -0.39 is 8.07 Å². The van der Waals surface area contributed by atoms with Crippen LogP contribution >= 0.6 is 0 Å². The molecular formula is C15H28OSi. The number of ether oxygens (including phenoxy) is 1. The van der Waals surface area contributed by atoms with Crippen LogP contribution in [0.5, 0.6) is 0 Å². The SMILES string of the molecule is CC(C)[Si](C#CC1CCCO1)(C(C)C)C(C)C. The molecule has 1 atom stereocenters. The summed E-state index contributed by atoms with van der Waals surface area (Å²) in [7, 11) is -1.54. The first kappa shape index (κ1) is 14.8. The van der Waals surface area contributed by atoms with Gasteiger partial charge in [0.25, 0.3) is 0 Å². The molecule has 1 rings (SSSR count). The number of hydrogen-bond acceptors (Lipinski definition) is 1. The molecule has 1 fully saturated rings. The van der Waals surface area contributed by atoms with E-state index in [9.17, 15) is 0 Å². The molecule has 0 aromatic rings. The first-order chi connectivity index (χ1) is 7.91. The monoisotopic (exact) mass is 252 g/mol. The Labute approximate surface area is 108 Å². The molecule has 1 aliphatic rings. The molecule has 0 radical (unpaired) electrons. The number of rotatable bonds is 3. The largest absolute Gasteiger partial charge is 0.366 e. The zero-order valence-electron chi connectivity index (χ0n) is 12.3. The summed E-state index contributed by atoms with van der Waals surface area (Å²) in [4.78, 5) is 0. The molecule has 0 bridgehead atoms. The summed E-state index contributed by atoms with van der Waals surface area (Å²) in [5.74, 6) is 3.46. The third-order valence-electron chi connectivity index (χ3n) is 4.25. The molecule has 1 saturated heterocycles. The second-order valence-electron chi connectivity index (χ2n) is 6.17. The molecule has 1 aliphatic heterocycles. The molecule has 0 aliphatic carbocycles. The van der Waals surface area contributed by atoms with Crippen LogP contribution < -0.4 is 0 Å². The van der Waals surface area contributed by atoms with Gasteiger partial charge in [-0.3, -0.25) is 0 Å². The first-order valence-corrected chi connectivity index (χ1v) is 9.28. The topological polar surface area (TPSA) is 9.23 Å². The summed E-state index contributed by atoms with van der Waals surface area (Å²) in [5, 5.41) is 0. The van der Waals surface area contributed by atoms with Crippen LogP contribution in [0.4, 0.5) is 0 Å². The third kappa shape index (κ3) is 3.14. The summed E-state index contributed by atoms with van der Waals surface area (Å²) >= 11 is 0. The van der Waals surface area contributed by atoms with Crippen LogP contribution in [0, 0.1) is 11.5 Å². The van der Waals surface area contributed by atoms with E-state index in [1.165, 1.54) is 6.42 Å². The van der Waals surface area contributed by atoms with Crippen LogP contribution in [0.2, 0.25) is 16.6 Å². The van der Waals surface area contributed by atoms with Crippen molar-refractivity contribution in [1.82, 2.24) is 0 Å². The van der Waals surface area contributed by atoms with Crippen molar-refractivity contribution in [3.05, 3.63) is 0 Å². The van der Waals surface area contributed by atoms with Crippen molar-refractivity contribution in [3.63, 3.8) is 0 Å². The first-order valence-electron chi connectivity index (χ1n) is 7.05. The Morgan fingerprint density at radius 2 is 1.53 bits per heavy atom. The Bertz CT molecular complexity index is 268. The summed E-state index contributed by atoms with van der Waals surface area (Å²) in [6, 6.07) is 0. The Morgan fingerprint density at radius 1 is 1.00 bits per heavy atom. The van der Waals surface area contributed by atoms with E-state index in [1.54, 1.807) is 0 Å². The van der Waals surface area contributed by atoms with Gasteiger partial charge >= 0.3 is 0 Å². The predicted octanol–water partition coefficient (Wildman–Crippen LogP) is 4.39. The molecule has 0 amide bonds. The lowest BCUT2D eigenvalue weighted by molar-refractivity contribution is 0.152. The maximum absolute atomic E-state index is 5.64. The van der Waals surface area contributed by atoms with Crippen molar-refractivity contribution in [2.24, 2.45) is 0 Å². The van der Waals surface area contributed by atoms with E-state index in [1.807, 2.05) is 0 Å². The van der Waals surface area contributed by atoms with Gasteiger partial charge in [0.05, 0.1) is 0 Å². The van der Waals surface area contributed by atoms with Gasteiger partial charge in [-0.2, -0.15) is 0 Å². The zero-order valence-corrected chi connectivity index (χ0v) is 13.3. The molecular weight excluding hydrogens is 224 g/mol. The van der Waals surface area contributed by atoms with Gasteiger partial charge in [-0.1, -0.05) is 47.5 Å². The maximum atomic E-state index is 5.64. The average Bonchev–Trinajstić information content (AvgIpc) is 2.69. The summed E-state index contributed by atoms with van der Waals surface area (Å²) in [5.41, 5.74) is 5.89. The van der Waals surface area contributed by atoms with Gasteiger partial charge in [0, 0.05) is 6.61 Å². The van der Waals surface area contributed by atoms with Crippen LogP contribution in [0.1, 0.15) is 54.4 Å². The van der Waals surface area contributed by atoms with Gasteiger partial charge in [0.15, 0.2) is 0 Å². The van der Waals surface area contributed by atoms with Crippen molar-refractivity contribution in [2.75, 3.05) is 6.61 Å². The second-order valence-corrected chi connectivity index (χ2v) is 11.7.